The van der Waals surface area contributed by atoms with Gasteiger partial charge in [0.25, 0.3) is 11.6 Å². The Labute approximate surface area is 144 Å². The fourth-order valence-electron chi connectivity index (χ4n) is 2.30. The molecule has 0 radical (unpaired) electrons. The van der Waals surface area contributed by atoms with E-state index in [0.717, 1.165) is 11.8 Å². The minimum absolute atomic E-state index is 0.196. The average molecular weight is 345 g/mol. The number of carbonyl (C=O) groups excluding carboxylic acids is 1. The summed E-state index contributed by atoms with van der Waals surface area (Å²) in [5.41, 5.74) is 1.39. The summed E-state index contributed by atoms with van der Waals surface area (Å²) in [5, 5.41) is 13.6. The zero-order chi connectivity index (χ0) is 18.4. The molecule has 2 rings (SSSR count). The standard InChI is InChI=1S/C17H19N3O5/c1-11-14(9-13(10-19-11)20(22)23)17(21)18-7-6-12-4-5-15(24-2)16(8-12)25-3/h4-5,8-10H,6-7H2,1-3H3,(H,18,21). The van der Waals surface area contributed by atoms with E-state index >= 15 is 0 Å². The number of methoxy groups -OCH3 is 2. The molecule has 1 aromatic carbocycles. The molecule has 0 aliphatic heterocycles. The van der Waals surface area contributed by atoms with Crippen molar-refractivity contribution in [2.75, 3.05) is 20.8 Å². The molecule has 0 spiro atoms. The fraction of sp³-hybridized carbons (Fsp3) is 0.294. The molecule has 0 aliphatic rings. The van der Waals surface area contributed by atoms with Crippen LogP contribution in [0.4, 0.5) is 5.69 Å². The van der Waals surface area contributed by atoms with Crippen molar-refractivity contribution in [3.63, 3.8) is 0 Å². The van der Waals surface area contributed by atoms with Crippen LogP contribution in [0.15, 0.2) is 30.5 Å². The first-order valence-corrected chi connectivity index (χ1v) is 7.56. The number of aromatic nitrogens is 1. The number of aryl methyl sites for hydroxylation is 1. The Bertz CT molecular complexity index is 792. The summed E-state index contributed by atoms with van der Waals surface area (Å²) in [5.74, 6) is 0.854. The Morgan fingerprint density at radius 1 is 1.24 bits per heavy atom. The van der Waals surface area contributed by atoms with E-state index in [2.05, 4.69) is 10.3 Å². The van der Waals surface area contributed by atoms with E-state index in [0.29, 0.717) is 30.2 Å². The molecule has 1 heterocycles. The summed E-state index contributed by atoms with van der Waals surface area (Å²) in [6.45, 7) is 2.00. The van der Waals surface area contributed by atoms with Crippen LogP contribution >= 0.6 is 0 Å². The maximum atomic E-state index is 12.2. The van der Waals surface area contributed by atoms with Gasteiger partial charge in [0, 0.05) is 12.6 Å². The Morgan fingerprint density at radius 3 is 2.60 bits per heavy atom. The maximum Gasteiger partial charge on any atom is 0.288 e. The molecule has 8 nitrogen and oxygen atoms in total. The molecule has 0 atom stereocenters. The predicted molar refractivity (Wildman–Crippen MR) is 91.2 cm³/mol. The topological polar surface area (TPSA) is 104 Å². The van der Waals surface area contributed by atoms with Gasteiger partial charge in [0.15, 0.2) is 11.5 Å². The maximum absolute atomic E-state index is 12.2. The quantitative estimate of drug-likeness (QED) is 0.610. The number of carbonyl (C=O) groups is 1. The Kier molecular flexibility index (Phi) is 5.89. The van der Waals surface area contributed by atoms with E-state index in [1.165, 1.54) is 6.07 Å². The van der Waals surface area contributed by atoms with E-state index in [9.17, 15) is 14.9 Å². The molecule has 1 aromatic heterocycles. The Balaban J connectivity index is 2.01. The van der Waals surface area contributed by atoms with Gasteiger partial charge in [-0.1, -0.05) is 6.07 Å². The van der Waals surface area contributed by atoms with E-state index in [4.69, 9.17) is 9.47 Å². The number of hydrogen-bond donors (Lipinski definition) is 1. The van der Waals surface area contributed by atoms with Crippen molar-refractivity contribution >= 4 is 11.6 Å². The van der Waals surface area contributed by atoms with Gasteiger partial charge < -0.3 is 14.8 Å². The van der Waals surface area contributed by atoms with Gasteiger partial charge in [0.2, 0.25) is 0 Å². The van der Waals surface area contributed by atoms with Crippen LogP contribution in [0.2, 0.25) is 0 Å². The summed E-state index contributed by atoms with van der Waals surface area (Å²) in [6.07, 6.45) is 1.71. The molecule has 1 N–H and O–H groups in total. The number of nitro groups is 1. The van der Waals surface area contributed by atoms with Crippen molar-refractivity contribution in [3.8, 4) is 11.5 Å². The highest BCUT2D eigenvalue weighted by Gasteiger charge is 2.15. The zero-order valence-corrected chi connectivity index (χ0v) is 14.2. The highest BCUT2D eigenvalue weighted by atomic mass is 16.6. The third kappa shape index (κ3) is 4.43. The molecule has 0 saturated heterocycles. The monoisotopic (exact) mass is 345 g/mol. The van der Waals surface area contributed by atoms with Crippen LogP contribution in [0.3, 0.4) is 0 Å². The molecular formula is C17H19N3O5. The number of nitrogens with one attached hydrogen (secondary N) is 1. The summed E-state index contributed by atoms with van der Waals surface area (Å²) in [4.78, 5) is 26.4. The van der Waals surface area contributed by atoms with Crippen molar-refractivity contribution in [3.05, 3.63) is 57.4 Å². The predicted octanol–water partition coefficient (Wildman–Crippen LogP) is 2.29. The molecule has 2 aromatic rings. The van der Waals surface area contributed by atoms with Gasteiger partial charge in [-0.3, -0.25) is 19.9 Å². The summed E-state index contributed by atoms with van der Waals surface area (Å²) in [6, 6.07) is 6.75. The first-order chi connectivity index (χ1) is 12.0. The number of nitrogens with zero attached hydrogens (tertiary/aromatic N) is 2. The van der Waals surface area contributed by atoms with E-state index in [1.807, 2.05) is 12.1 Å². The lowest BCUT2D eigenvalue weighted by Gasteiger charge is -2.10. The zero-order valence-electron chi connectivity index (χ0n) is 14.2. The number of hydrogen-bond acceptors (Lipinski definition) is 6. The third-order valence-corrected chi connectivity index (χ3v) is 3.68. The number of amides is 1. The molecule has 132 valence electrons. The molecule has 0 unspecified atom stereocenters. The second-order valence-corrected chi connectivity index (χ2v) is 5.28. The Hall–Kier alpha value is -3.16. The van der Waals surface area contributed by atoms with Crippen molar-refractivity contribution in [2.45, 2.75) is 13.3 Å². The molecule has 0 fully saturated rings. The van der Waals surface area contributed by atoms with Crippen LogP contribution in [0, 0.1) is 17.0 Å². The minimum atomic E-state index is -0.577. The molecule has 8 heteroatoms. The van der Waals surface area contributed by atoms with Gasteiger partial charge in [-0.2, -0.15) is 0 Å². The van der Waals surface area contributed by atoms with E-state index in [-0.39, 0.29) is 11.3 Å². The lowest BCUT2D eigenvalue weighted by Crippen LogP contribution is -2.26. The van der Waals surface area contributed by atoms with Crippen LogP contribution in [0.25, 0.3) is 0 Å². The van der Waals surface area contributed by atoms with Crippen LogP contribution in [0.1, 0.15) is 21.6 Å². The minimum Gasteiger partial charge on any atom is -0.493 e. The highest BCUT2D eigenvalue weighted by molar-refractivity contribution is 5.95. The second kappa shape index (κ2) is 8.09. The smallest absolute Gasteiger partial charge is 0.288 e. The second-order valence-electron chi connectivity index (χ2n) is 5.28. The third-order valence-electron chi connectivity index (χ3n) is 3.68. The number of benzene rings is 1. The van der Waals surface area contributed by atoms with Gasteiger partial charge in [-0.05, 0) is 31.0 Å². The SMILES string of the molecule is COc1ccc(CCNC(=O)c2cc([N+](=O)[O-])cnc2C)cc1OC. The van der Waals surface area contributed by atoms with Crippen molar-refractivity contribution < 1.29 is 19.2 Å². The van der Waals surface area contributed by atoms with E-state index in [1.54, 1.807) is 27.2 Å². The summed E-state index contributed by atoms with van der Waals surface area (Å²) in [7, 11) is 3.12. The molecule has 1 amide bonds. The van der Waals surface area contributed by atoms with Gasteiger partial charge in [0.05, 0.1) is 30.4 Å². The lowest BCUT2D eigenvalue weighted by atomic mass is 10.1. The van der Waals surface area contributed by atoms with Crippen molar-refractivity contribution in [1.29, 1.82) is 0 Å². The Morgan fingerprint density at radius 2 is 1.96 bits per heavy atom. The van der Waals surface area contributed by atoms with E-state index < -0.39 is 10.8 Å². The van der Waals surface area contributed by atoms with Crippen LogP contribution in [-0.2, 0) is 6.42 Å². The molecule has 25 heavy (non-hydrogen) atoms. The summed E-state index contributed by atoms with van der Waals surface area (Å²) < 4.78 is 10.4. The molecule has 0 aliphatic carbocycles. The first-order valence-electron chi connectivity index (χ1n) is 7.56. The lowest BCUT2D eigenvalue weighted by molar-refractivity contribution is -0.385. The van der Waals surface area contributed by atoms with Crippen LogP contribution < -0.4 is 14.8 Å². The molecule has 0 bridgehead atoms. The van der Waals surface area contributed by atoms with Gasteiger partial charge >= 0.3 is 0 Å². The highest BCUT2D eigenvalue weighted by Crippen LogP contribution is 2.27. The van der Waals surface area contributed by atoms with Gasteiger partial charge in [-0.25, -0.2) is 0 Å². The van der Waals surface area contributed by atoms with Gasteiger partial charge in [-0.15, -0.1) is 0 Å². The van der Waals surface area contributed by atoms with Gasteiger partial charge in [0.1, 0.15) is 6.20 Å². The number of pyridine rings is 1. The van der Waals surface area contributed by atoms with Crippen LogP contribution in [-0.4, -0.2) is 36.6 Å². The normalized spacial score (nSPS) is 10.2. The number of rotatable bonds is 7. The summed E-state index contributed by atoms with van der Waals surface area (Å²) >= 11 is 0. The molecular weight excluding hydrogens is 326 g/mol. The van der Waals surface area contributed by atoms with Crippen LogP contribution in [0.5, 0.6) is 11.5 Å². The molecule has 0 saturated carbocycles. The van der Waals surface area contributed by atoms with Crippen molar-refractivity contribution in [1.82, 2.24) is 10.3 Å². The average Bonchev–Trinajstić information content (AvgIpc) is 2.61. The largest absolute Gasteiger partial charge is 0.493 e. The first kappa shape index (κ1) is 18.2. The fourth-order valence-corrected chi connectivity index (χ4v) is 2.30. The van der Waals surface area contributed by atoms with Crippen molar-refractivity contribution in [2.24, 2.45) is 0 Å². The number of ether oxygens (including phenoxy) is 2.